The highest BCUT2D eigenvalue weighted by molar-refractivity contribution is 7.17. The molecule has 0 saturated heterocycles. The molecule has 0 radical (unpaired) electrons. The van der Waals surface area contributed by atoms with Crippen LogP contribution in [0.5, 0.6) is 10.8 Å². The van der Waals surface area contributed by atoms with Crippen molar-refractivity contribution < 1.29 is 14.3 Å². The molecule has 2 aromatic rings. The van der Waals surface area contributed by atoms with Crippen LogP contribution >= 0.6 is 11.3 Å². The van der Waals surface area contributed by atoms with E-state index >= 15 is 0 Å². The smallest absolute Gasteiger partial charge is 0.299 e. The van der Waals surface area contributed by atoms with Gasteiger partial charge in [-0.25, -0.2) is 4.98 Å². The van der Waals surface area contributed by atoms with Gasteiger partial charge in [-0.05, 0) is 19.1 Å². The van der Waals surface area contributed by atoms with E-state index in [4.69, 9.17) is 14.7 Å². The van der Waals surface area contributed by atoms with Crippen LogP contribution in [0.4, 0.5) is 0 Å². The fourth-order valence-corrected chi connectivity index (χ4v) is 2.78. The van der Waals surface area contributed by atoms with Gasteiger partial charge < -0.3 is 9.47 Å². The fraction of sp³-hybridized carbons (Fsp3) is 0.312. The van der Waals surface area contributed by atoms with Gasteiger partial charge in [0.2, 0.25) is 5.06 Å². The largest absolute Gasteiger partial charge is 0.493 e. The summed E-state index contributed by atoms with van der Waals surface area (Å²) in [7, 11) is 0. The molecule has 0 aliphatic rings. The van der Waals surface area contributed by atoms with Gasteiger partial charge in [-0.1, -0.05) is 30.4 Å². The third kappa shape index (κ3) is 3.83. The number of para-hydroxylation sites is 1. The lowest BCUT2D eigenvalue weighted by atomic mass is 10.1. The first-order valence-electron chi connectivity index (χ1n) is 6.82. The Hall–Kier alpha value is -2.39. The number of nitriles is 1. The number of aromatic nitrogens is 1. The Labute approximate surface area is 133 Å². The molecule has 1 atom stereocenters. The summed E-state index contributed by atoms with van der Waals surface area (Å²) < 4.78 is 10.7. The summed E-state index contributed by atoms with van der Waals surface area (Å²) >= 11 is 1.30. The Balaban J connectivity index is 2.23. The van der Waals surface area contributed by atoms with Crippen molar-refractivity contribution >= 4 is 17.8 Å². The molecular weight excluding hydrogens is 300 g/mol. The molecule has 0 saturated carbocycles. The summed E-state index contributed by atoms with van der Waals surface area (Å²) in [4.78, 5) is 14.9. The predicted octanol–water partition coefficient (Wildman–Crippen LogP) is 3.58. The van der Waals surface area contributed by atoms with Crippen molar-refractivity contribution in [3.05, 3.63) is 30.0 Å². The molecule has 0 bridgehead atoms. The Morgan fingerprint density at radius 2 is 2.23 bits per heavy atom. The first kappa shape index (κ1) is 16.0. The lowest BCUT2D eigenvalue weighted by molar-refractivity contribution is -0.120. The van der Waals surface area contributed by atoms with Crippen molar-refractivity contribution in [1.82, 2.24) is 4.98 Å². The molecule has 0 amide bonds. The summed E-state index contributed by atoms with van der Waals surface area (Å²) in [6.07, 6.45) is 0.454. The van der Waals surface area contributed by atoms with Crippen LogP contribution in [0.2, 0.25) is 0 Å². The van der Waals surface area contributed by atoms with Crippen molar-refractivity contribution in [2.45, 2.75) is 20.3 Å². The zero-order valence-corrected chi connectivity index (χ0v) is 13.2. The van der Waals surface area contributed by atoms with Gasteiger partial charge in [-0.15, -0.1) is 0 Å². The van der Waals surface area contributed by atoms with E-state index in [9.17, 15) is 4.79 Å². The molecule has 1 aromatic carbocycles. The number of ether oxygens (including phenoxy) is 2. The molecule has 6 heteroatoms. The molecular formula is C16H16N2O3S. The highest BCUT2D eigenvalue weighted by Gasteiger charge is 2.15. The van der Waals surface area contributed by atoms with Crippen molar-refractivity contribution in [1.29, 1.82) is 5.26 Å². The molecule has 1 heterocycles. The van der Waals surface area contributed by atoms with Crippen LogP contribution in [0.25, 0.3) is 10.6 Å². The molecule has 1 unspecified atom stereocenters. The van der Waals surface area contributed by atoms with Gasteiger partial charge in [-0.2, -0.15) is 5.26 Å². The summed E-state index contributed by atoms with van der Waals surface area (Å²) in [5.74, 6) is 0.865. The van der Waals surface area contributed by atoms with Gasteiger partial charge in [0.15, 0.2) is 0 Å². The molecule has 0 spiro atoms. The lowest BCUT2D eigenvalue weighted by Crippen LogP contribution is -2.08. The maximum atomic E-state index is 10.5. The molecule has 0 aliphatic carbocycles. The van der Waals surface area contributed by atoms with Gasteiger partial charge in [0.1, 0.15) is 10.8 Å². The van der Waals surface area contributed by atoms with E-state index in [1.165, 1.54) is 11.3 Å². The van der Waals surface area contributed by atoms with Crippen LogP contribution in [-0.2, 0) is 4.79 Å². The van der Waals surface area contributed by atoms with E-state index in [0.717, 1.165) is 10.6 Å². The predicted molar refractivity (Wildman–Crippen MR) is 83.9 cm³/mol. The minimum Gasteiger partial charge on any atom is -0.493 e. The van der Waals surface area contributed by atoms with Gasteiger partial charge in [0.25, 0.3) is 6.47 Å². The highest BCUT2D eigenvalue weighted by Crippen LogP contribution is 2.37. The second kappa shape index (κ2) is 7.57. The number of aryl methyl sites for hydroxylation is 1. The van der Waals surface area contributed by atoms with Gasteiger partial charge in [-0.3, -0.25) is 4.79 Å². The van der Waals surface area contributed by atoms with Gasteiger partial charge in [0, 0.05) is 12.3 Å². The van der Waals surface area contributed by atoms with Crippen molar-refractivity contribution in [3.8, 4) is 27.5 Å². The van der Waals surface area contributed by atoms with E-state index in [2.05, 4.69) is 11.1 Å². The molecule has 22 heavy (non-hydrogen) atoms. The number of carbonyl (C=O) groups is 1. The molecule has 0 fully saturated rings. The van der Waals surface area contributed by atoms with Crippen molar-refractivity contribution in [2.24, 2.45) is 5.92 Å². The quantitative estimate of drug-likeness (QED) is 0.730. The van der Waals surface area contributed by atoms with E-state index in [0.29, 0.717) is 36.0 Å². The third-order valence-electron chi connectivity index (χ3n) is 2.99. The second-order valence-electron chi connectivity index (χ2n) is 4.88. The van der Waals surface area contributed by atoms with Crippen LogP contribution < -0.4 is 9.47 Å². The number of carbonyl (C=O) groups excluding carboxylic acids is 1. The summed E-state index contributed by atoms with van der Waals surface area (Å²) in [6, 6.07) is 9.70. The number of thiazole rings is 1. The average Bonchev–Trinajstić information content (AvgIpc) is 2.87. The lowest BCUT2D eigenvalue weighted by Gasteiger charge is -2.12. The first-order chi connectivity index (χ1) is 10.7. The molecule has 2 rings (SSSR count). The summed E-state index contributed by atoms with van der Waals surface area (Å²) in [5.41, 5.74) is 1.51. The number of hydrogen-bond acceptors (Lipinski definition) is 6. The standard InChI is InChI=1S/C16H16N2O3S/c1-11(7-8-17)9-20-14-6-4-3-5-13(14)15-18-12(2)16(22-15)21-10-19/h3-6,10-11H,7,9H2,1-2H3. The van der Waals surface area contributed by atoms with E-state index in [1.807, 2.05) is 31.2 Å². The molecule has 1 aromatic heterocycles. The minimum atomic E-state index is 0.157. The maximum absolute atomic E-state index is 10.5. The Kier molecular flexibility index (Phi) is 5.50. The molecule has 0 aliphatic heterocycles. The summed E-state index contributed by atoms with van der Waals surface area (Å²) in [5, 5.41) is 9.91. The first-order valence-corrected chi connectivity index (χ1v) is 7.64. The monoisotopic (exact) mass is 316 g/mol. The third-order valence-corrected chi connectivity index (χ3v) is 4.07. The maximum Gasteiger partial charge on any atom is 0.299 e. The Morgan fingerprint density at radius 1 is 1.45 bits per heavy atom. The highest BCUT2D eigenvalue weighted by atomic mass is 32.1. The van der Waals surface area contributed by atoms with Crippen molar-refractivity contribution in [2.75, 3.05) is 6.61 Å². The van der Waals surface area contributed by atoms with E-state index in [1.54, 1.807) is 6.92 Å². The van der Waals surface area contributed by atoms with Crippen LogP contribution in [-0.4, -0.2) is 18.1 Å². The zero-order chi connectivity index (χ0) is 15.9. The SMILES string of the molecule is Cc1nc(-c2ccccc2OCC(C)CC#N)sc1OC=O. The van der Waals surface area contributed by atoms with Crippen LogP contribution in [0, 0.1) is 24.2 Å². The van der Waals surface area contributed by atoms with Crippen LogP contribution in [0.3, 0.4) is 0 Å². The van der Waals surface area contributed by atoms with Gasteiger partial charge >= 0.3 is 0 Å². The summed E-state index contributed by atoms with van der Waals surface area (Å²) in [6.45, 7) is 4.62. The second-order valence-corrected chi connectivity index (χ2v) is 5.84. The van der Waals surface area contributed by atoms with E-state index < -0.39 is 0 Å². The van der Waals surface area contributed by atoms with Gasteiger partial charge in [0.05, 0.1) is 23.9 Å². The number of nitrogens with zero attached hydrogens (tertiary/aromatic N) is 2. The Morgan fingerprint density at radius 3 is 2.95 bits per heavy atom. The van der Waals surface area contributed by atoms with Crippen LogP contribution in [0.1, 0.15) is 19.0 Å². The topological polar surface area (TPSA) is 72.2 Å². The molecule has 114 valence electrons. The molecule has 5 nitrogen and oxygen atoms in total. The Bertz CT molecular complexity index is 691. The number of rotatable bonds is 7. The van der Waals surface area contributed by atoms with Crippen molar-refractivity contribution in [3.63, 3.8) is 0 Å². The normalized spacial score (nSPS) is 11.5. The van der Waals surface area contributed by atoms with E-state index in [-0.39, 0.29) is 5.92 Å². The molecule has 0 N–H and O–H groups in total. The number of hydrogen-bond donors (Lipinski definition) is 0. The zero-order valence-electron chi connectivity index (χ0n) is 12.4. The van der Waals surface area contributed by atoms with Crippen LogP contribution in [0.15, 0.2) is 24.3 Å². The minimum absolute atomic E-state index is 0.157. The number of benzene rings is 1. The fourth-order valence-electron chi connectivity index (χ4n) is 1.87. The average molecular weight is 316 g/mol.